The molecule has 4 heteroatoms. The molecule has 20 heavy (non-hydrogen) atoms. The molecule has 4 nitrogen and oxygen atoms in total. The van der Waals surface area contributed by atoms with Gasteiger partial charge in [0.1, 0.15) is 5.75 Å². The van der Waals surface area contributed by atoms with Crippen LogP contribution in [0.1, 0.15) is 32.4 Å². The van der Waals surface area contributed by atoms with E-state index in [0.717, 1.165) is 31.0 Å². The Kier molecular flexibility index (Phi) is 8.26. The van der Waals surface area contributed by atoms with Crippen molar-refractivity contribution >= 4 is 0 Å². The standard InChI is InChI=1S/C16H27NO3/c1-4-17(11-12-19-5-2)13-15(18)14-9-7-8-10-16(14)20-6-3/h7-10,15,18H,4-6,11-13H2,1-3H3. The molecule has 0 radical (unpaired) electrons. The first kappa shape index (κ1) is 17.0. The molecular formula is C16H27NO3. The lowest BCUT2D eigenvalue weighted by Crippen LogP contribution is -2.32. The Morgan fingerprint density at radius 3 is 2.55 bits per heavy atom. The second kappa shape index (κ2) is 9.75. The molecular weight excluding hydrogens is 254 g/mol. The van der Waals surface area contributed by atoms with E-state index in [-0.39, 0.29) is 0 Å². The highest BCUT2D eigenvalue weighted by atomic mass is 16.5. The minimum absolute atomic E-state index is 0.542. The van der Waals surface area contributed by atoms with Crippen molar-refractivity contribution in [1.29, 1.82) is 0 Å². The van der Waals surface area contributed by atoms with Crippen molar-refractivity contribution < 1.29 is 14.6 Å². The minimum Gasteiger partial charge on any atom is -0.493 e. The van der Waals surface area contributed by atoms with Crippen LogP contribution >= 0.6 is 0 Å². The molecule has 0 amide bonds. The number of likely N-dealkylation sites (N-methyl/N-ethyl adjacent to an activating group) is 1. The van der Waals surface area contributed by atoms with Crippen LogP contribution in [0.2, 0.25) is 0 Å². The van der Waals surface area contributed by atoms with Crippen molar-refractivity contribution in [1.82, 2.24) is 4.90 Å². The van der Waals surface area contributed by atoms with Gasteiger partial charge < -0.3 is 14.6 Å². The van der Waals surface area contributed by atoms with Crippen molar-refractivity contribution in [2.75, 3.05) is 39.5 Å². The molecule has 0 aliphatic carbocycles. The van der Waals surface area contributed by atoms with Gasteiger partial charge in [0.05, 0.1) is 19.3 Å². The number of aliphatic hydroxyl groups is 1. The predicted octanol–water partition coefficient (Wildman–Crippen LogP) is 2.48. The quantitative estimate of drug-likeness (QED) is 0.669. The zero-order valence-electron chi connectivity index (χ0n) is 12.8. The van der Waals surface area contributed by atoms with Gasteiger partial charge in [0, 0.05) is 25.3 Å². The van der Waals surface area contributed by atoms with Crippen LogP contribution in [0.25, 0.3) is 0 Å². The maximum Gasteiger partial charge on any atom is 0.125 e. The lowest BCUT2D eigenvalue weighted by atomic mass is 10.1. The van der Waals surface area contributed by atoms with Crippen LogP contribution in [0, 0.1) is 0 Å². The first-order valence-corrected chi connectivity index (χ1v) is 7.42. The molecule has 0 spiro atoms. The number of benzene rings is 1. The van der Waals surface area contributed by atoms with Crippen molar-refractivity contribution in [3.8, 4) is 5.75 Å². The molecule has 0 bridgehead atoms. The van der Waals surface area contributed by atoms with Crippen LogP contribution in [-0.4, -0.2) is 49.5 Å². The van der Waals surface area contributed by atoms with Crippen molar-refractivity contribution in [3.63, 3.8) is 0 Å². The van der Waals surface area contributed by atoms with Gasteiger partial charge in [0.15, 0.2) is 0 Å². The van der Waals surface area contributed by atoms with E-state index in [1.165, 1.54) is 0 Å². The maximum absolute atomic E-state index is 10.4. The Morgan fingerprint density at radius 2 is 1.90 bits per heavy atom. The molecule has 0 aromatic heterocycles. The highest BCUT2D eigenvalue weighted by Gasteiger charge is 2.16. The Morgan fingerprint density at radius 1 is 1.15 bits per heavy atom. The third-order valence-corrected chi connectivity index (χ3v) is 3.21. The van der Waals surface area contributed by atoms with Crippen molar-refractivity contribution in [2.45, 2.75) is 26.9 Å². The molecule has 1 rings (SSSR count). The largest absolute Gasteiger partial charge is 0.493 e. The molecule has 1 N–H and O–H groups in total. The highest BCUT2D eigenvalue weighted by Crippen LogP contribution is 2.25. The van der Waals surface area contributed by atoms with E-state index < -0.39 is 6.10 Å². The third kappa shape index (κ3) is 5.49. The van der Waals surface area contributed by atoms with Crippen LogP contribution < -0.4 is 4.74 Å². The summed E-state index contributed by atoms with van der Waals surface area (Å²) >= 11 is 0. The maximum atomic E-state index is 10.4. The number of aliphatic hydroxyl groups excluding tert-OH is 1. The number of hydrogen-bond acceptors (Lipinski definition) is 4. The molecule has 114 valence electrons. The zero-order valence-corrected chi connectivity index (χ0v) is 12.8. The van der Waals surface area contributed by atoms with Crippen LogP contribution in [0.3, 0.4) is 0 Å². The predicted molar refractivity (Wildman–Crippen MR) is 81.2 cm³/mol. The smallest absolute Gasteiger partial charge is 0.125 e. The molecule has 1 unspecified atom stereocenters. The number of para-hydroxylation sites is 1. The first-order chi connectivity index (χ1) is 9.72. The fourth-order valence-corrected chi connectivity index (χ4v) is 2.10. The van der Waals surface area contributed by atoms with E-state index in [9.17, 15) is 5.11 Å². The number of ether oxygens (including phenoxy) is 2. The second-order valence-electron chi connectivity index (χ2n) is 4.58. The van der Waals surface area contributed by atoms with E-state index >= 15 is 0 Å². The molecule has 0 aliphatic rings. The van der Waals surface area contributed by atoms with Crippen molar-refractivity contribution in [2.24, 2.45) is 0 Å². The Hall–Kier alpha value is -1.10. The summed E-state index contributed by atoms with van der Waals surface area (Å²) in [6.07, 6.45) is -0.542. The van der Waals surface area contributed by atoms with Gasteiger partial charge in [-0.2, -0.15) is 0 Å². The molecule has 0 aliphatic heterocycles. The lowest BCUT2D eigenvalue weighted by Gasteiger charge is -2.24. The summed E-state index contributed by atoms with van der Waals surface area (Å²) in [6.45, 7) is 10.4. The Bertz CT molecular complexity index is 370. The monoisotopic (exact) mass is 281 g/mol. The van der Waals surface area contributed by atoms with Gasteiger partial charge in [-0.25, -0.2) is 0 Å². The highest BCUT2D eigenvalue weighted by molar-refractivity contribution is 5.35. The van der Waals surface area contributed by atoms with E-state index in [0.29, 0.717) is 19.8 Å². The van der Waals surface area contributed by atoms with E-state index in [1.54, 1.807) is 0 Å². The SMILES string of the molecule is CCOCCN(CC)CC(O)c1ccccc1OCC. The van der Waals surface area contributed by atoms with Crippen molar-refractivity contribution in [3.05, 3.63) is 29.8 Å². The average molecular weight is 281 g/mol. The summed E-state index contributed by atoms with van der Waals surface area (Å²) in [5, 5.41) is 10.4. The summed E-state index contributed by atoms with van der Waals surface area (Å²) in [5.74, 6) is 0.767. The van der Waals surface area contributed by atoms with Gasteiger partial charge in [0.25, 0.3) is 0 Å². The summed E-state index contributed by atoms with van der Waals surface area (Å²) < 4.78 is 10.9. The van der Waals surface area contributed by atoms with E-state index in [1.807, 2.05) is 38.1 Å². The molecule has 0 fully saturated rings. The van der Waals surface area contributed by atoms with Gasteiger partial charge in [-0.1, -0.05) is 25.1 Å². The average Bonchev–Trinajstić information content (AvgIpc) is 2.47. The fourth-order valence-electron chi connectivity index (χ4n) is 2.10. The zero-order chi connectivity index (χ0) is 14.8. The number of hydrogen-bond donors (Lipinski definition) is 1. The van der Waals surface area contributed by atoms with Crippen LogP contribution in [-0.2, 0) is 4.74 Å². The molecule has 1 atom stereocenters. The minimum atomic E-state index is -0.542. The first-order valence-electron chi connectivity index (χ1n) is 7.42. The number of rotatable bonds is 10. The number of nitrogens with zero attached hydrogens (tertiary/aromatic N) is 1. The summed E-state index contributed by atoms with van der Waals surface area (Å²) in [7, 11) is 0. The summed E-state index contributed by atoms with van der Waals surface area (Å²) in [5.41, 5.74) is 0.851. The molecule has 0 saturated carbocycles. The van der Waals surface area contributed by atoms with Crippen LogP contribution in [0.5, 0.6) is 5.75 Å². The Balaban J connectivity index is 2.61. The lowest BCUT2D eigenvalue weighted by molar-refractivity contribution is 0.0779. The summed E-state index contributed by atoms with van der Waals surface area (Å²) in [6, 6.07) is 7.68. The van der Waals surface area contributed by atoms with Gasteiger partial charge in [0.2, 0.25) is 0 Å². The second-order valence-corrected chi connectivity index (χ2v) is 4.58. The van der Waals surface area contributed by atoms with Gasteiger partial charge in [-0.15, -0.1) is 0 Å². The molecule has 0 saturated heterocycles. The van der Waals surface area contributed by atoms with Crippen LogP contribution in [0.15, 0.2) is 24.3 Å². The van der Waals surface area contributed by atoms with Gasteiger partial charge in [-0.05, 0) is 26.5 Å². The van der Waals surface area contributed by atoms with Crippen LogP contribution in [0.4, 0.5) is 0 Å². The molecule has 0 heterocycles. The molecule has 1 aromatic carbocycles. The molecule has 1 aromatic rings. The summed E-state index contributed by atoms with van der Waals surface area (Å²) in [4.78, 5) is 2.18. The van der Waals surface area contributed by atoms with E-state index in [2.05, 4.69) is 11.8 Å². The third-order valence-electron chi connectivity index (χ3n) is 3.21. The normalized spacial score (nSPS) is 12.7. The van der Waals surface area contributed by atoms with Gasteiger partial charge >= 0.3 is 0 Å². The Labute approximate surface area is 122 Å². The fraction of sp³-hybridized carbons (Fsp3) is 0.625. The van der Waals surface area contributed by atoms with E-state index in [4.69, 9.17) is 9.47 Å². The topological polar surface area (TPSA) is 41.9 Å². The van der Waals surface area contributed by atoms with Gasteiger partial charge in [-0.3, -0.25) is 4.90 Å².